The number of carbonyl (C=O) groups is 1. The quantitative estimate of drug-likeness (QED) is 0.727. The fraction of sp³-hybridized carbons (Fsp3) is 0.429. The summed E-state index contributed by atoms with van der Waals surface area (Å²) in [5.41, 5.74) is 0. The summed E-state index contributed by atoms with van der Waals surface area (Å²) in [6, 6.07) is 0. The van der Waals surface area contributed by atoms with E-state index >= 15 is 0 Å². The van der Waals surface area contributed by atoms with E-state index in [1.165, 1.54) is 0 Å². The predicted octanol–water partition coefficient (Wildman–Crippen LogP) is -0.163. The number of aliphatic carboxylic acids is 1. The Labute approximate surface area is 113 Å². The zero-order valence-corrected chi connectivity index (χ0v) is 11.9. The molecular weight excluding hydrogens is 326 g/mol. The largest absolute Gasteiger partial charge is 0.480 e. The van der Waals surface area contributed by atoms with Crippen LogP contribution in [0.15, 0.2) is 4.52 Å². The van der Waals surface area contributed by atoms with Gasteiger partial charge in [-0.3, -0.25) is 4.79 Å². The monoisotopic (exact) mass is 333 g/mol. The van der Waals surface area contributed by atoms with E-state index in [-0.39, 0.29) is 0 Å². The Balaban J connectivity index is 3.34. The molecule has 0 bridgehead atoms. The summed E-state index contributed by atoms with van der Waals surface area (Å²) in [5, 5.41) is 9.18. The van der Waals surface area contributed by atoms with Crippen LogP contribution in [-0.4, -0.2) is 45.6 Å². The van der Waals surface area contributed by atoms with Crippen LogP contribution in [-0.2, 0) is 24.7 Å². The molecule has 0 spiro atoms. The van der Waals surface area contributed by atoms with Crippen molar-refractivity contribution in [1.82, 2.24) is 5.16 Å². The van der Waals surface area contributed by atoms with E-state index in [0.717, 1.165) is 0 Å². The minimum absolute atomic E-state index is 0.636. The molecule has 0 aromatic carbocycles. The van der Waals surface area contributed by atoms with Gasteiger partial charge in [0.2, 0.25) is 5.25 Å². The van der Waals surface area contributed by atoms with Crippen molar-refractivity contribution in [2.24, 2.45) is 0 Å². The fourth-order valence-electron chi connectivity index (χ4n) is 1.12. The van der Waals surface area contributed by atoms with E-state index in [9.17, 15) is 21.6 Å². The number of carboxylic acid groups (broad SMARTS) is 1. The molecule has 1 aromatic rings. The average Bonchev–Trinajstić information content (AvgIpc) is 2.45. The highest BCUT2D eigenvalue weighted by Crippen LogP contribution is 2.35. The van der Waals surface area contributed by atoms with Crippen LogP contribution in [0.4, 0.5) is 0 Å². The van der Waals surface area contributed by atoms with Crippen LogP contribution in [0, 0.1) is 0 Å². The Hall–Kier alpha value is -1.33. The molecule has 0 aliphatic carbocycles. The highest BCUT2D eigenvalue weighted by Gasteiger charge is 2.38. The molecule has 0 saturated heterocycles. The molecule has 0 radical (unpaired) electrons. The van der Waals surface area contributed by atoms with Gasteiger partial charge in [0.25, 0.3) is 5.88 Å². The first-order chi connectivity index (χ1) is 8.43. The topological polar surface area (TPSA) is 141 Å². The third-order valence-electron chi connectivity index (χ3n) is 1.75. The van der Waals surface area contributed by atoms with Crippen molar-refractivity contribution in [1.29, 1.82) is 0 Å². The zero-order chi connectivity index (χ0) is 15.0. The van der Waals surface area contributed by atoms with Gasteiger partial charge >= 0.3 is 16.1 Å². The number of hydrogen-bond donors (Lipinski definition) is 1. The second kappa shape index (κ2) is 4.98. The smallest absolute Gasteiger partial charge is 0.329 e. The number of carboxylic acids is 1. The fourth-order valence-corrected chi connectivity index (χ4v) is 2.77. The van der Waals surface area contributed by atoms with Gasteiger partial charge in [-0.25, -0.2) is 8.42 Å². The first-order valence-electron chi connectivity index (χ1n) is 4.39. The summed E-state index contributed by atoms with van der Waals surface area (Å²) in [6.07, 6.45) is 1.35. The molecule has 1 heterocycles. The standard InChI is InChI=1S/C7H8ClNO8S2/c1-18(12,13)5(7(10)11)4-3(8)6(9-16-4)17-19(2,14)15/h5H,1-2H3,(H,10,11). The summed E-state index contributed by atoms with van der Waals surface area (Å²) in [5.74, 6) is -3.20. The van der Waals surface area contributed by atoms with Gasteiger partial charge in [0.15, 0.2) is 20.6 Å². The van der Waals surface area contributed by atoms with Crippen LogP contribution in [0.25, 0.3) is 0 Å². The van der Waals surface area contributed by atoms with Crippen molar-refractivity contribution in [3.05, 3.63) is 10.8 Å². The van der Waals surface area contributed by atoms with Crippen LogP contribution in [0.2, 0.25) is 5.02 Å². The molecule has 19 heavy (non-hydrogen) atoms. The Bertz CT molecular complexity index is 703. The number of sulfone groups is 1. The molecule has 0 aliphatic heterocycles. The van der Waals surface area contributed by atoms with E-state index in [1.807, 2.05) is 0 Å². The first-order valence-corrected chi connectivity index (χ1v) is 8.54. The number of hydrogen-bond acceptors (Lipinski definition) is 8. The normalized spacial score (nSPS) is 14.1. The molecular formula is C7H8ClNO8S2. The number of aromatic nitrogens is 1. The Morgan fingerprint density at radius 3 is 2.26 bits per heavy atom. The summed E-state index contributed by atoms with van der Waals surface area (Å²) in [7, 11) is -8.06. The maximum Gasteiger partial charge on any atom is 0.329 e. The summed E-state index contributed by atoms with van der Waals surface area (Å²) in [4.78, 5) is 10.9. The van der Waals surface area contributed by atoms with Gasteiger partial charge in [-0.05, 0) is 5.16 Å². The van der Waals surface area contributed by atoms with E-state index in [0.29, 0.717) is 12.5 Å². The summed E-state index contributed by atoms with van der Waals surface area (Å²) >= 11 is 5.60. The molecule has 1 rings (SSSR count). The van der Waals surface area contributed by atoms with Crippen LogP contribution in [0.1, 0.15) is 11.0 Å². The number of nitrogens with zero attached hydrogens (tertiary/aromatic N) is 1. The van der Waals surface area contributed by atoms with Crippen LogP contribution >= 0.6 is 11.6 Å². The Morgan fingerprint density at radius 2 is 1.89 bits per heavy atom. The lowest BCUT2D eigenvalue weighted by Crippen LogP contribution is -2.20. The van der Waals surface area contributed by atoms with Gasteiger partial charge in [-0.15, -0.1) is 0 Å². The van der Waals surface area contributed by atoms with Crippen LogP contribution in [0.3, 0.4) is 0 Å². The van der Waals surface area contributed by atoms with Crippen molar-refractivity contribution in [3.8, 4) is 5.88 Å². The third-order valence-corrected chi connectivity index (χ3v) is 3.83. The van der Waals surface area contributed by atoms with Gasteiger partial charge in [-0.2, -0.15) is 8.42 Å². The highest BCUT2D eigenvalue weighted by atomic mass is 35.5. The first kappa shape index (κ1) is 15.7. The highest BCUT2D eigenvalue weighted by molar-refractivity contribution is 7.91. The van der Waals surface area contributed by atoms with Gasteiger partial charge < -0.3 is 13.8 Å². The molecule has 0 amide bonds. The molecule has 1 unspecified atom stereocenters. The van der Waals surface area contributed by atoms with Crippen molar-refractivity contribution >= 4 is 37.5 Å². The molecule has 0 saturated carbocycles. The summed E-state index contributed by atoms with van der Waals surface area (Å²) < 4.78 is 53.2. The van der Waals surface area contributed by atoms with E-state index in [4.69, 9.17) is 16.7 Å². The van der Waals surface area contributed by atoms with E-state index in [2.05, 4.69) is 13.9 Å². The molecule has 0 fully saturated rings. The molecule has 12 heteroatoms. The maximum absolute atomic E-state index is 11.3. The lowest BCUT2D eigenvalue weighted by molar-refractivity contribution is -0.137. The van der Waals surface area contributed by atoms with Gasteiger partial charge in [0, 0.05) is 6.26 Å². The second-order valence-electron chi connectivity index (χ2n) is 3.50. The molecule has 9 nitrogen and oxygen atoms in total. The minimum atomic E-state index is -4.09. The summed E-state index contributed by atoms with van der Waals surface area (Å²) in [6.45, 7) is 0. The van der Waals surface area contributed by atoms with Crippen molar-refractivity contribution in [2.45, 2.75) is 5.25 Å². The van der Waals surface area contributed by atoms with Gasteiger partial charge in [0.1, 0.15) is 0 Å². The van der Waals surface area contributed by atoms with Gasteiger partial charge in [0.05, 0.1) is 6.26 Å². The van der Waals surface area contributed by atoms with Crippen LogP contribution in [0.5, 0.6) is 5.88 Å². The molecule has 0 aliphatic rings. The van der Waals surface area contributed by atoms with Crippen molar-refractivity contribution < 1.29 is 35.4 Å². The van der Waals surface area contributed by atoms with Gasteiger partial charge in [-0.1, -0.05) is 11.6 Å². The molecule has 1 aromatic heterocycles. The zero-order valence-electron chi connectivity index (χ0n) is 9.52. The Morgan fingerprint density at radius 1 is 1.37 bits per heavy atom. The number of halogens is 1. The maximum atomic E-state index is 11.3. The molecule has 1 atom stereocenters. The van der Waals surface area contributed by atoms with E-state index < -0.39 is 47.8 Å². The predicted molar refractivity (Wildman–Crippen MR) is 62.2 cm³/mol. The minimum Gasteiger partial charge on any atom is -0.480 e. The van der Waals surface area contributed by atoms with Crippen molar-refractivity contribution in [3.63, 3.8) is 0 Å². The molecule has 108 valence electrons. The number of rotatable bonds is 5. The Kier molecular flexibility index (Phi) is 4.12. The second-order valence-corrected chi connectivity index (χ2v) is 7.58. The van der Waals surface area contributed by atoms with E-state index in [1.54, 1.807) is 0 Å². The SMILES string of the molecule is CS(=O)(=O)Oc1noc(C(C(=O)O)S(C)(=O)=O)c1Cl. The lowest BCUT2D eigenvalue weighted by Gasteiger charge is -2.06. The average molecular weight is 334 g/mol. The van der Waals surface area contributed by atoms with Crippen molar-refractivity contribution in [2.75, 3.05) is 12.5 Å². The van der Waals surface area contributed by atoms with Crippen LogP contribution < -0.4 is 4.18 Å². The molecule has 1 N–H and O–H groups in total. The third kappa shape index (κ3) is 3.81. The lowest BCUT2D eigenvalue weighted by atomic mass is 10.3.